The highest BCUT2D eigenvalue weighted by atomic mass is 16.5. The molecule has 0 saturated heterocycles. The third kappa shape index (κ3) is 2.50. The first-order valence-electron chi connectivity index (χ1n) is 7.38. The van der Waals surface area contributed by atoms with E-state index in [9.17, 15) is 4.79 Å². The lowest BCUT2D eigenvalue weighted by Gasteiger charge is -2.19. The average Bonchev–Trinajstić information content (AvgIpc) is 3.16. The van der Waals surface area contributed by atoms with Gasteiger partial charge >= 0.3 is 0 Å². The summed E-state index contributed by atoms with van der Waals surface area (Å²) in [7, 11) is 1.73. The molecule has 0 spiro atoms. The second-order valence-electron chi connectivity index (χ2n) is 5.54. The summed E-state index contributed by atoms with van der Waals surface area (Å²) in [6.45, 7) is 0.483. The molecule has 4 rings (SSSR count). The normalized spacial score (nSPS) is 16.1. The van der Waals surface area contributed by atoms with E-state index in [2.05, 4.69) is 15.1 Å². The molecule has 0 N–H and O–H groups in total. The Morgan fingerprint density at radius 1 is 1.39 bits per heavy atom. The molecule has 0 unspecified atom stereocenters. The number of hydrogen-bond acceptors (Lipinski definition) is 5. The lowest BCUT2D eigenvalue weighted by Crippen LogP contribution is -2.36. The summed E-state index contributed by atoms with van der Waals surface area (Å²) in [5.41, 5.74) is 1.17. The molecule has 116 valence electrons. The molecule has 1 aliphatic heterocycles. The molecule has 1 aliphatic rings. The Morgan fingerprint density at radius 3 is 3.09 bits per heavy atom. The number of hydrogen-bond donors (Lipinski definition) is 0. The first-order chi connectivity index (χ1) is 11.2. The highest BCUT2D eigenvalue weighted by molar-refractivity contribution is 5.90. The van der Waals surface area contributed by atoms with E-state index in [0.717, 1.165) is 12.2 Å². The van der Waals surface area contributed by atoms with Gasteiger partial charge in [0.2, 0.25) is 5.82 Å². The maximum atomic E-state index is 12.5. The Kier molecular flexibility index (Phi) is 3.18. The largest absolute Gasteiger partial charge is 0.488 e. The number of aromatic nitrogens is 4. The van der Waals surface area contributed by atoms with Gasteiger partial charge in [-0.1, -0.05) is 18.2 Å². The lowest BCUT2D eigenvalue weighted by atomic mass is 10.1. The van der Waals surface area contributed by atoms with E-state index in [-0.39, 0.29) is 17.8 Å². The van der Waals surface area contributed by atoms with Gasteiger partial charge < -0.3 is 9.64 Å². The molecule has 0 fully saturated rings. The highest BCUT2D eigenvalue weighted by Gasteiger charge is 2.26. The molecule has 7 heteroatoms. The number of carbonyl (C=O) groups is 1. The summed E-state index contributed by atoms with van der Waals surface area (Å²) in [4.78, 5) is 22.3. The van der Waals surface area contributed by atoms with E-state index in [1.54, 1.807) is 30.4 Å². The standard InChI is InChI=1S/C16H15N5O2/c1-20(10-12-9-11-5-2-3-6-13(11)23-12)15(22)14-18-16-17-7-4-8-21(16)19-14/h2-8,12H,9-10H2,1H3/t12-/m0/s1. The van der Waals surface area contributed by atoms with Crippen LogP contribution in [0.1, 0.15) is 16.2 Å². The SMILES string of the molecule is CN(C[C@@H]1Cc2ccccc2O1)C(=O)c1nc2ncccn2n1. The van der Waals surface area contributed by atoms with Crippen molar-refractivity contribution in [3.8, 4) is 5.75 Å². The van der Waals surface area contributed by atoms with E-state index < -0.39 is 0 Å². The van der Waals surface area contributed by atoms with Crippen molar-refractivity contribution in [2.75, 3.05) is 13.6 Å². The molecule has 23 heavy (non-hydrogen) atoms. The van der Waals surface area contributed by atoms with Crippen LogP contribution in [0, 0.1) is 0 Å². The Hall–Kier alpha value is -2.96. The van der Waals surface area contributed by atoms with E-state index in [1.807, 2.05) is 24.3 Å². The maximum absolute atomic E-state index is 12.5. The van der Waals surface area contributed by atoms with Crippen molar-refractivity contribution in [3.63, 3.8) is 0 Å². The smallest absolute Gasteiger partial charge is 0.293 e. The van der Waals surface area contributed by atoms with E-state index in [4.69, 9.17) is 4.74 Å². The van der Waals surface area contributed by atoms with Gasteiger partial charge in [0, 0.05) is 25.9 Å². The molecular weight excluding hydrogens is 294 g/mol. The molecule has 0 radical (unpaired) electrons. The van der Waals surface area contributed by atoms with Crippen molar-refractivity contribution >= 4 is 11.7 Å². The van der Waals surface area contributed by atoms with E-state index in [0.29, 0.717) is 12.3 Å². The summed E-state index contributed by atoms with van der Waals surface area (Å²) in [5.74, 6) is 1.21. The van der Waals surface area contributed by atoms with Gasteiger partial charge in [0.05, 0.1) is 6.54 Å². The second kappa shape index (κ2) is 5.35. The Balaban J connectivity index is 1.47. The number of benzene rings is 1. The molecule has 0 bridgehead atoms. The van der Waals surface area contributed by atoms with Crippen LogP contribution in [0.2, 0.25) is 0 Å². The van der Waals surface area contributed by atoms with Gasteiger partial charge in [-0.2, -0.15) is 4.98 Å². The van der Waals surface area contributed by atoms with Gasteiger partial charge in [0.15, 0.2) is 0 Å². The molecule has 3 aromatic rings. The molecule has 1 amide bonds. The molecule has 1 atom stereocenters. The topological polar surface area (TPSA) is 72.6 Å². The number of para-hydroxylation sites is 1. The van der Waals surface area contributed by atoms with Crippen LogP contribution in [0.5, 0.6) is 5.75 Å². The van der Waals surface area contributed by atoms with Crippen LogP contribution >= 0.6 is 0 Å². The van der Waals surface area contributed by atoms with Crippen LogP contribution in [0.25, 0.3) is 5.78 Å². The zero-order valence-corrected chi connectivity index (χ0v) is 12.6. The lowest BCUT2D eigenvalue weighted by molar-refractivity contribution is 0.0719. The van der Waals surface area contributed by atoms with Crippen LogP contribution < -0.4 is 4.74 Å². The van der Waals surface area contributed by atoms with Crippen molar-refractivity contribution in [1.29, 1.82) is 0 Å². The molecular formula is C16H15N5O2. The highest BCUT2D eigenvalue weighted by Crippen LogP contribution is 2.28. The molecule has 1 aromatic carbocycles. The Bertz CT molecular complexity index is 818. The monoisotopic (exact) mass is 309 g/mol. The van der Waals surface area contributed by atoms with E-state index in [1.165, 1.54) is 10.1 Å². The van der Waals surface area contributed by atoms with Gasteiger partial charge in [0.1, 0.15) is 11.9 Å². The number of likely N-dealkylation sites (N-methyl/N-ethyl adjacent to an activating group) is 1. The van der Waals surface area contributed by atoms with Crippen molar-refractivity contribution in [1.82, 2.24) is 24.5 Å². The summed E-state index contributed by atoms with van der Waals surface area (Å²) in [6.07, 6.45) is 4.08. The van der Waals surface area contributed by atoms with Crippen LogP contribution in [0.15, 0.2) is 42.7 Å². The fourth-order valence-electron chi connectivity index (χ4n) is 2.74. The van der Waals surface area contributed by atoms with Crippen LogP contribution in [-0.4, -0.2) is 50.1 Å². The Labute approximate surface area is 132 Å². The minimum absolute atomic E-state index is 0.0449. The third-order valence-electron chi connectivity index (χ3n) is 3.85. The predicted molar refractivity (Wildman–Crippen MR) is 82.3 cm³/mol. The maximum Gasteiger partial charge on any atom is 0.293 e. The molecule has 3 heterocycles. The number of rotatable bonds is 3. The van der Waals surface area contributed by atoms with Gasteiger partial charge in [-0.25, -0.2) is 9.50 Å². The van der Waals surface area contributed by atoms with Crippen molar-refractivity contribution in [2.45, 2.75) is 12.5 Å². The first-order valence-corrected chi connectivity index (χ1v) is 7.38. The summed E-state index contributed by atoms with van der Waals surface area (Å²) in [6, 6.07) is 9.68. The zero-order valence-electron chi connectivity index (χ0n) is 12.6. The minimum atomic E-state index is -0.241. The van der Waals surface area contributed by atoms with Crippen LogP contribution in [0.4, 0.5) is 0 Å². The average molecular weight is 309 g/mol. The summed E-state index contributed by atoms with van der Waals surface area (Å²) in [5, 5.41) is 4.16. The second-order valence-corrected chi connectivity index (χ2v) is 5.54. The van der Waals surface area contributed by atoms with Gasteiger partial charge in [-0.3, -0.25) is 4.79 Å². The van der Waals surface area contributed by atoms with Crippen molar-refractivity contribution < 1.29 is 9.53 Å². The molecule has 0 aliphatic carbocycles. The fourth-order valence-corrected chi connectivity index (χ4v) is 2.74. The first kappa shape index (κ1) is 13.7. The number of ether oxygens (including phenoxy) is 1. The number of carbonyl (C=O) groups excluding carboxylic acids is 1. The van der Waals surface area contributed by atoms with Crippen molar-refractivity contribution in [3.05, 3.63) is 54.1 Å². The zero-order chi connectivity index (χ0) is 15.8. The number of amides is 1. The number of fused-ring (bicyclic) bond motifs is 2. The Morgan fingerprint density at radius 2 is 2.26 bits per heavy atom. The van der Waals surface area contributed by atoms with Gasteiger partial charge in [0.25, 0.3) is 11.7 Å². The summed E-state index contributed by atoms with van der Waals surface area (Å²) < 4.78 is 7.36. The molecule has 7 nitrogen and oxygen atoms in total. The van der Waals surface area contributed by atoms with Gasteiger partial charge in [-0.05, 0) is 17.7 Å². The van der Waals surface area contributed by atoms with Crippen molar-refractivity contribution in [2.24, 2.45) is 0 Å². The van der Waals surface area contributed by atoms with Crippen LogP contribution in [0.3, 0.4) is 0 Å². The summed E-state index contributed by atoms with van der Waals surface area (Å²) >= 11 is 0. The van der Waals surface area contributed by atoms with Gasteiger partial charge in [-0.15, -0.1) is 5.10 Å². The number of nitrogens with zero attached hydrogens (tertiary/aromatic N) is 5. The predicted octanol–water partition coefficient (Wildman–Crippen LogP) is 1.20. The van der Waals surface area contributed by atoms with Crippen LogP contribution in [-0.2, 0) is 6.42 Å². The quantitative estimate of drug-likeness (QED) is 0.727. The van der Waals surface area contributed by atoms with E-state index >= 15 is 0 Å². The third-order valence-corrected chi connectivity index (χ3v) is 3.85. The fraction of sp³-hybridized carbons (Fsp3) is 0.250. The molecule has 2 aromatic heterocycles. The minimum Gasteiger partial charge on any atom is -0.488 e. The molecule has 0 saturated carbocycles.